The van der Waals surface area contributed by atoms with Gasteiger partial charge in [0.15, 0.2) is 0 Å². The van der Waals surface area contributed by atoms with Gasteiger partial charge in [-0.1, -0.05) is 6.92 Å². The zero-order chi connectivity index (χ0) is 14.3. The van der Waals surface area contributed by atoms with Gasteiger partial charge in [0.05, 0.1) is 6.61 Å². The molecule has 5 heteroatoms. The highest BCUT2D eigenvalue weighted by Gasteiger charge is 2.23. The number of ether oxygens (including phenoxy) is 1. The third-order valence-corrected chi connectivity index (χ3v) is 3.66. The molecular formula is C14H26N2O3. The summed E-state index contributed by atoms with van der Waals surface area (Å²) in [5.41, 5.74) is 0. The summed E-state index contributed by atoms with van der Waals surface area (Å²) >= 11 is 0. The Hall–Kier alpha value is -1.10. The van der Waals surface area contributed by atoms with E-state index in [0.29, 0.717) is 24.9 Å². The minimum atomic E-state index is -0.566. The van der Waals surface area contributed by atoms with Crippen LogP contribution in [0, 0.1) is 11.8 Å². The summed E-state index contributed by atoms with van der Waals surface area (Å²) in [5, 5.41) is 6.06. The lowest BCUT2D eigenvalue weighted by Crippen LogP contribution is -2.41. The number of esters is 1. The van der Waals surface area contributed by atoms with E-state index in [-0.39, 0.29) is 11.9 Å². The highest BCUT2D eigenvalue weighted by Crippen LogP contribution is 2.22. The SMILES string of the molecule is CCOC(=O)C(C)NC(=O)CC(C)C1CCCNC1. The van der Waals surface area contributed by atoms with Crippen LogP contribution in [0.2, 0.25) is 0 Å². The van der Waals surface area contributed by atoms with Crippen LogP contribution < -0.4 is 10.6 Å². The predicted molar refractivity (Wildman–Crippen MR) is 73.6 cm³/mol. The molecule has 1 amide bonds. The lowest BCUT2D eigenvalue weighted by atomic mass is 9.85. The molecule has 1 heterocycles. The average molecular weight is 270 g/mol. The molecule has 0 aromatic rings. The first-order valence-corrected chi connectivity index (χ1v) is 7.21. The van der Waals surface area contributed by atoms with Crippen molar-refractivity contribution in [2.24, 2.45) is 11.8 Å². The summed E-state index contributed by atoms with van der Waals surface area (Å²) in [4.78, 5) is 23.3. The highest BCUT2D eigenvalue weighted by atomic mass is 16.5. The molecule has 0 spiro atoms. The van der Waals surface area contributed by atoms with Crippen molar-refractivity contribution in [3.8, 4) is 0 Å². The molecule has 0 aromatic heterocycles. The van der Waals surface area contributed by atoms with E-state index in [4.69, 9.17) is 4.74 Å². The summed E-state index contributed by atoms with van der Waals surface area (Å²) < 4.78 is 4.86. The van der Waals surface area contributed by atoms with Crippen molar-refractivity contribution in [3.63, 3.8) is 0 Å². The molecule has 2 N–H and O–H groups in total. The number of nitrogens with one attached hydrogen (secondary N) is 2. The number of hydrogen-bond donors (Lipinski definition) is 2. The maximum absolute atomic E-state index is 11.9. The first kappa shape index (κ1) is 16.0. The topological polar surface area (TPSA) is 67.4 Å². The minimum absolute atomic E-state index is 0.0707. The van der Waals surface area contributed by atoms with Gasteiger partial charge in [-0.3, -0.25) is 4.79 Å². The molecule has 110 valence electrons. The van der Waals surface area contributed by atoms with E-state index in [1.165, 1.54) is 12.8 Å². The van der Waals surface area contributed by atoms with Crippen molar-refractivity contribution in [1.82, 2.24) is 10.6 Å². The van der Waals surface area contributed by atoms with Crippen LogP contribution in [0.3, 0.4) is 0 Å². The Labute approximate surface area is 115 Å². The van der Waals surface area contributed by atoms with E-state index in [0.717, 1.165) is 13.1 Å². The maximum atomic E-state index is 11.9. The Morgan fingerprint density at radius 2 is 2.16 bits per heavy atom. The van der Waals surface area contributed by atoms with E-state index in [9.17, 15) is 9.59 Å². The molecular weight excluding hydrogens is 244 g/mol. The largest absolute Gasteiger partial charge is 0.464 e. The van der Waals surface area contributed by atoms with Gasteiger partial charge in [-0.05, 0) is 51.6 Å². The lowest BCUT2D eigenvalue weighted by molar-refractivity contribution is -0.147. The van der Waals surface area contributed by atoms with E-state index >= 15 is 0 Å². The van der Waals surface area contributed by atoms with Crippen molar-refractivity contribution >= 4 is 11.9 Å². The first-order valence-electron chi connectivity index (χ1n) is 7.21. The number of piperidine rings is 1. The second-order valence-corrected chi connectivity index (χ2v) is 5.33. The molecule has 1 aliphatic rings. The molecule has 19 heavy (non-hydrogen) atoms. The summed E-state index contributed by atoms with van der Waals surface area (Å²) in [5.74, 6) is 0.445. The molecule has 0 aromatic carbocycles. The second kappa shape index (κ2) is 8.15. The molecule has 3 atom stereocenters. The lowest BCUT2D eigenvalue weighted by Gasteiger charge is -2.28. The zero-order valence-electron chi connectivity index (χ0n) is 12.2. The Balaban J connectivity index is 2.31. The number of amides is 1. The fraction of sp³-hybridized carbons (Fsp3) is 0.857. The predicted octanol–water partition coefficient (Wildman–Crippen LogP) is 1.08. The Morgan fingerprint density at radius 1 is 1.42 bits per heavy atom. The van der Waals surface area contributed by atoms with Gasteiger partial charge < -0.3 is 15.4 Å². The minimum Gasteiger partial charge on any atom is -0.464 e. The number of carbonyl (C=O) groups is 2. The van der Waals surface area contributed by atoms with Crippen molar-refractivity contribution in [2.75, 3.05) is 19.7 Å². The quantitative estimate of drug-likeness (QED) is 0.709. The molecule has 3 unspecified atom stereocenters. The smallest absolute Gasteiger partial charge is 0.328 e. The van der Waals surface area contributed by atoms with Crippen LogP contribution in [-0.2, 0) is 14.3 Å². The molecule has 0 radical (unpaired) electrons. The van der Waals surface area contributed by atoms with Crippen molar-refractivity contribution in [2.45, 2.75) is 46.1 Å². The molecule has 1 fully saturated rings. The molecule has 1 aliphatic heterocycles. The van der Waals surface area contributed by atoms with Crippen LogP contribution in [0.15, 0.2) is 0 Å². The molecule has 1 rings (SSSR count). The van der Waals surface area contributed by atoms with Crippen LogP contribution in [0.4, 0.5) is 0 Å². The van der Waals surface area contributed by atoms with Crippen molar-refractivity contribution < 1.29 is 14.3 Å². The van der Waals surface area contributed by atoms with Crippen LogP contribution in [0.1, 0.15) is 40.0 Å². The van der Waals surface area contributed by atoms with E-state index in [2.05, 4.69) is 17.6 Å². The zero-order valence-corrected chi connectivity index (χ0v) is 12.2. The van der Waals surface area contributed by atoms with Gasteiger partial charge in [0.25, 0.3) is 0 Å². The van der Waals surface area contributed by atoms with Crippen LogP contribution in [-0.4, -0.2) is 37.6 Å². The Morgan fingerprint density at radius 3 is 2.74 bits per heavy atom. The van der Waals surface area contributed by atoms with Gasteiger partial charge in [-0.25, -0.2) is 4.79 Å². The first-order chi connectivity index (χ1) is 9.04. The number of rotatable bonds is 6. The molecule has 0 bridgehead atoms. The van der Waals surface area contributed by atoms with Gasteiger partial charge in [0, 0.05) is 6.42 Å². The normalized spacial score (nSPS) is 22.4. The Kier molecular flexibility index (Phi) is 6.84. The summed E-state index contributed by atoms with van der Waals surface area (Å²) in [6.45, 7) is 7.92. The fourth-order valence-corrected chi connectivity index (χ4v) is 2.45. The van der Waals surface area contributed by atoms with E-state index in [1.807, 2.05) is 0 Å². The fourth-order valence-electron chi connectivity index (χ4n) is 2.45. The van der Waals surface area contributed by atoms with Crippen LogP contribution in [0.5, 0.6) is 0 Å². The van der Waals surface area contributed by atoms with E-state index in [1.54, 1.807) is 13.8 Å². The van der Waals surface area contributed by atoms with Gasteiger partial charge in [-0.2, -0.15) is 0 Å². The Bertz CT molecular complexity index is 301. The average Bonchev–Trinajstić information content (AvgIpc) is 2.39. The van der Waals surface area contributed by atoms with E-state index < -0.39 is 6.04 Å². The van der Waals surface area contributed by atoms with Crippen LogP contribution in [0.25, 0.3) is 0 Å². The number of hydrogen-bond acceptors (Lipinski definition) is 4. The molecule has 1 saturated heterocycles. The highest BCUT2D eigenvalue weighted by molar-refractivity contribution is 5.84. The van der Waals surface area contributed by atoms with Crippen molar-refractivity contribution in [3.05, 3.63) is 0 Å². The standard InChI is InChI=1S/C14H26N2O3/c1-4-19-14(18)11(3)16-13(17)8-10(2)12-6-5-7-15-9-12/h10-12,15H,4-9H2,1-3H3,(H,16,17). The number of carbonyl (C=O) groups excluding carboxylic acids is 2. The van der Waals surface area contributed by atoms with Gasteiger partial charge in [0.1, 0.15) is 6.04 Å². The molecule has 0 saturated carbocycles. The third kappa shape index (κ3) is 5.59. The van der Waals surface area contributed by atoms with Gasteiger partial charge in [0.2, 0.25) is 5.91 Å². The maximum Gasteiger partial charge on any atom is 0.328 e. The third-order valence-electron chi connectivity index (χ3n) is 3.66. The molecule has 0 aliphatic carbocycles. The monoisotopic (exact) mass is 270 g/mol. The van der Waals surface area contributed by atoms with Crippen molar-refractivity contribution in [1.29, 1.82) is 0 Å². The van der Waals surface area contributed by atoms with Gasteiger partial charge >= 0.3 is 5.97 Å². The summed E-state index contributed by atoms with van der Waals surface area (Å²) in [6.07, 6.45) is 2.82. The second-order valence-electron chi connectivity index (χ2n) is 5.33. The van der Waals surface area contributed by atoms with Gasteiger partial charge in [-0.15, -0.1) is 0 Å². The van der Waals surface area contributed by atoms with Crippen LogP contribution >= 0.6 is 0 Å². The summed E-state index contributed by atoms with van der Waals surface area (Å²) in [6, 6.07) is -0.566. The molecule has 5 nitrogen and oxygen atoms in total. The summed E-state index contributed by atoms with van der Waals surface area (Å²) in [7, 11) is 0.